The van der Waals surface area contributed by atoms with Crippen molar-refractivity contribution in [2.75, 3.05) is 12.8 Å². The maximum absolute atomic E-state index is 12.4. The van der Waals surface area contributed by atoms with E-state index in [2.05, 4.69) is 10.3 Å². The number of carbonyl (C=O) groups excluding carboxylic acids is 1. The fraction of sp³-hybridized carbons (Fsp3) is 0.688. The summed E-state index contributed by atoms with van der Waals surface area (Å²) in [6.07, 6.45) is 3.13. The van der Waals surface area contributed by atoms with Gasteiger partial charge < -0.3 is 15.0 Å². The number of carbonyl (C=O) groups is 1. The number of sulfone groups is 1. The summed E-state index contributed by atoms with van der Waals surface area (Å²) in [5, 5.41) is 3.16. The van der Waals surface area contributed by atoms with Gasteiger partial charge in [0.2, 0.25) is 0 Å². The average molecular weight is 344 g/mol. The Bertz CT molecular complexity index is 643. The van der Waals surface area contributed by atoms with E-state index in [4.69, 9.17) is 4.74 Å². The Morgan fingerprint density at radius 2 is 1.91 bits per heavy atom. The Kier molecular flexibility index (Phi) is 6.04. The van der Waals surface area contributed by atoms with E-state index in [1.807, 2.05) is 19.2 Å². The maximum Gasteiger partial charge on any atom is 0.327 e. The maximum atomic E-state index is 12.4. The highest BCUT2D eigenvalue weighted by Gasteiger charge is 2.45. The lowest BCUT2D eigenvalue weighted by Crippen LogP contribution is -2.48. The van der Waals surface area contributed by atoms with Gasteiger partial charge in [-0.1, -0.05) is 0 Å². The highest BCUT2D eigenvalue weighted by molar-refractivity contribution is 7.92. The number of aromatic nitrogens is 1. The van der Waals surface area contributed by atoms with Gasteiger partial charge in [-0.15, -0.1) is 0 Å². The van der Waals surface area contributed by atoms with Crippen LogP contribution in [-0.2, 0) is 25.9 Å². The zero-order valence-electron chi connectivity index (χ0n) is 14.8. The fourth-order valence-corrected chi connectivity index (χ4v) is 2.86. The fourth-order valence-electron chi connectivity index (χ4n) is 2.04. The van der Waals surface area contributed by atoms with Crippen LogP contribution in [0.1, 0.15) is 45.4 Å². The first-order valence-electron chi connectivity index (χ1n) is 7.63. The number of ether oxygens (including phenoxy) is 1. The van der Waals surface area contributed by atoms with E-state index in [0.717, 1.165) is 17.5 Å². The summed E-state index contributed by atoms with van der Waals surface area (Å²) in [7, 11) is -3.60. The molecule has 1 rings (SSSR count). The molecule has 0 aliphatic heterocycles. The third-order valence-corrected chi connectivity index (χ3v) is 5.64. The van der Waals surface area contributed by atoms with Crippen molar-refractivity contribution in [1.82, 2.24) is 10.3 Å². The van der Waals surface area contributed by atoms with Gasteiger partial charge in [-0.05, 0) is 59.2 Å². The predicted octanol–water partition coefficient (Wildman–Crippen LogP) is 1.95. The highest BCUT2D eigenvalue weighted by Crippen LogP contribution is 2.25. The third kappa shape index (κ3) is 5.66. The van der Waals surface area contributed by atoms with Crippen molar-refractivity contribution in [2.24, 2.45) is 0 Å². The Hall–Kier alpha value is -1.34. The van der Waals surface area contributed by atoms with E-state index in [1.54, 1.807) is 20.8 Å². The molecular formula is C16H28N2O4S. The molecule has 0 amide bonds. The molecule has 0 aliphatic rings. The van der Waals surface area contributed by atoms with Gasteiger partial charge in [0.1, 0.15) is 5.60 Å². The minimum absolute atomic E-state index is 0.153. The summed E-state index contributed by atoms with van der Waals surface area (Å²) in [4.78, 5) is 15.5. The van der Waals surface area contributed by atoms with Crippen LogP contribution in [0.3, 0.4) is 0 Å². The van der Waals surface area contributed by atoms with Crippen LogP contribution < -0.4 is 5.32 Å². The number of esters is 1. The van der Waals surface area contributed by atoms with Gasteiger partial charge in [-0.25, -0.2) is 8.42 Å². The first-order chi connectivity index (χ1) is 10.3. The van der Waals surface area contributed by atoms with Crippen LogP contribution >= 0.6 is 0 Å². The molecule has 1 aromatic rings. The van der Waals surface area contributed by atoms with Crippen molar-refractivity contribution in [1.29, 1.82) is 0 Å². The van der Waals surface area contributed by atoms with Crippen LogP contribution in [0.25, 0.3) is 0 Å². The monoisotopic (exact) mass is 344 g/mol. The number of aromatic amines is 1. The zero-order chi connectivity index (χ0) is 17.9. The zero-order valence-corrected chi connectivity index (χ0v) is 15.6. The molecule has 1 atom stereocenters. The second kappa shape index (κ2) is 7.05. The van der Waals surface area contributed by atoms with E-state index >= 15 is 0 Å². The molecule has 0 unspecified atom stereocenters. The Morgan fingerprint density at radius 3 is 2.35 bits per heavy atom. The predicted molar refractivity (Wildman–Crippen MR) is 90.9 cm³/mol. The van der Waals surface area contributed by atoms with Gasteiger partial charge in [-0.2, -0.15) is 0 Å². The number of aryl methyl sites for hydroxylation is 1. The van der Waals surface area contributed by atoms with Gasteiger partial charge >= 0.3 is 5.97 Å². The van der Waals surface area contributed by atoms with Crippen molar-refractivity contribution in [3.8, 4) is 0 Å². The van der Waals surface area contributed by atoms with Crippen molar-refractivity contribution < 1.29 is 17.9 Å². The van der Waals surface area contributed by atoms with Crippen LogP contribution in [0, 0.1) is 6.92 Å². The van der Waals surface area contributed by atoms with Crippen LogP contribution in [0.15, 0.2) is 12.3 Å². The largest absolute Gasteiger partial charge is 0.459 e. The summed E-state index contributed by atoms with van der Waals surface area (Å²) >= 11 is 0. The molecule has 1 heterocycles. The molecule has 23 heavy (non-hydrogen) atoms. The lowest BCUT2D eigenvalue weighted by atomic mass is 10.1. The molecule has 132 valence electrons. The summed E-state index contributed by atoms with van der Waals surface area (Å²) in [5.74, 6) is -0.704. The topological polar surface area (TPSA) is 88.3 Å². The van der Waals surface area contributed by atoms with Crippen LogP contribution in [0.4, 0.5) is 0 Å². The molecule has 0 fully saturated rings. The van der Waals surface area contributed by atoms with Crippen LogP contribution in [0.5, 0.6) is 0 Å². The van der Waals surface area contributed by atoms with E-state index < -0.39 is 26.2 Å². The molecule has 0 saturated carbocycles. The van der Waals surface area contributed by atoms with Crippen molar-refractivity contribution in [3.05, 3.63) is 23.5 Å². The second-order valence-corrected chi connectivity index (χ2v) is 9.58. The normalized spacial score (nSPS) is 15.2. The number of hydrogen-bond donors (Lipinski definition) is 2. The molecule has 1 aromatic heterocycles. The van der Waals surface area contributed by atoms with Gasteiger partial charge in [0, 0.05) is 24.7 Å². The lowest BCUT2D eigenvalue weighted by Gasteiger charge is -2.30. The number of nitrogens with one attached hydrogen (secondary N) is 2. The summed E-state index contributed by atoms with van der Waals surface area (Å²) in [5.41, 5.74) is 1.43. The van der Waals surface area contributed by atoms with Gasteiger partial charge in [0.05, 0.1) is 0 Å². The van der Waals surface area contributed by atoms with Crippen LogP contribution in [0.2, 0.25) is 0 Å². The van der Waals surface area contributed by atoms with Crippen LogP contribution in [-0.4, -0.2) is 42.5 Å². The smallest absolute Gasteiger partial charge is 0.327 e. The first kappa shape index (κ1) is 19.7. The molecule has 0 spiro atoms. The molecule has 6 nitrogen and oxygen atoms in total. The van der Waals surface area contributed by atoms with Crippen molar-refractivity contribution in [3.63, 3.8) is 0 Å². The standard InChI is InChI=1S/C16H28N2O4S/c1-12-9-13(18-10-12)11-17-8-7-16(5,23(6,20)21)14(19)22-15(2,3)4/h9-10,17-18H,7-8,11H2,1-6H3/t16-/m1/s1. The molecule has 0 radical (unpaired) electrons. The van der Waals surface area contributed by atoms with Crippen molar-refractivity contribution >= 4 is 15.8 Å². The molecule has 0 saturated heterocycles. The van der Waals surface area contributed by atoms with Gasteiger partial charge in [0.15, 0.2) is 14.6 Å². The first-order valence-corrected chi connectivity index (χ1v) is 9.52. The average Bonchev–Trinajstić information content (AvgIpc) is 2.76. The second-order valence-electron chi connectivity index (χ2n) is 7.13. The highest BCUT2D eigenvalue weighted by atomic mass is 32.2. The number of rotatable bonds is 7. The molecule has 0 aliphatic carbocycles. The van der Waals surface area contributed by atoms with Gasteiger partial charge in [-0.3, -0.25) is 4.79 Å². The molecule has 0 aromatic carbocycles. The summed E-state index contributed by atoms with van der Waals surface area (Å²) < 4.78 is 28.0. The number of hydrogen-bond acceptors (Lipinski definition) is 5. The summed E-state index contributed by atoms with van der Waals surface area (Å²) in [6, 6.07) is 2.01. The molecule has 7 heteroatoms. The van der Waals surface area contributed by atoms with Gasteiger partial charge in [0.25, 0.3) is 0 Å². The van der Waals surface area contributed by atoms with E-state index in [-0.39, 0.29) is 6.42 Å². The molecule has 2 N–H and O–H groups in total. The molecule has 0 bridgehead atoms. The Balaban J connectivity index is 2.70. The minimum Gasteiger partial charge on any atom is -0.459 e. The summed E-state index contributed by atoms with van der Waals surface area (Å²) in [6.45, 7) is 9.56. The van der Waals surface area contributed by atoms with E-state index in [0.29, 0.717) is 13.1 Å². The Labute approximate surface area is 138 Å². The van der Waals surface area contributed by atoms with E-state index in [1.165, 1.54) is 6.92 Å². The van der Waals surface area contributed by atoms with E-state index in [9.17, 15) is 13.2 Å². The third-order valence-electron chi connectivity index (χ3n) is 3.63. The SMILES string of the molecule is Cc1c[nH]c(CNCC[C@](C)(C(=O)OC(C)(C)C)S(C)(=O)=O)c1. The van der Waals surface area contributed by atoms with Crippen molar-refractivity contribution in [2.45, 2.75) is 57.9 Å². The minimum atomic E-state index is -3.60. The number of H-pyrrole nitrogens is 1. The molecular weight excluding hydrogens is 316 g/mol. The quantitative estimate of drug-likeness (QED) is 0.583. The lowest BCUT2D eigenvalue weighted by molar-refractivity contribution is -0.157. The Morgan fingerprint density at radius 1 is 1.30 bits per heavy atom.